The summed E-state index contributed by atoms with van der Waals surface area (Å²) in [5, 5.41) is 3.16. The SMILES string of the molecule is Cc1ccc(C(=O)Nc2cc(S(=O)(=O)Nc3ccccc3Cl)ccc2Cl)cc1C. The highest BCUT2D eigenvalue weighted by Crippen LogP contribution is 2.29. The van der Waals surface area contributed by atoms with Crippen LogP contribution in [0.15, 0.2) is 65.6 Å². The molecular formula is C21H18Cl2N2O3S. The lowest BCUT2D eigenvalue weighted by atomic mass is 10.1. The topological polar surface area (TPSA) is 75.3 Å². The molecule has 1 amide bonds. The van der Waals surface area contributed by atoms with Crippen LogP contribution in [0.5, 0.6) is 0 Å². The molecule has 0 spiro atoms. The fourth-order valence-electron chi connectivity index (χ4n) is 2.59. The second-order valence-corrected chi connectivity index (χ2v) is 8.98. The maximum absolute atomic E-state index is 12.7. The molecule has 0 aliphatic heterocycles. The van der Waals surface area contributed by atoms with Crippen LogP contribution in [-0.2, 0) is 10.0 Å². The predicted octanol–water partition coefficient (Wildman–Crippen LogP) is 5.66. The first-order valence-electron chi connectivity index (χ1n) is 8.63. The van der Waals surface area contributed by atoms with E-state index in [1.165, 1.54) is 18.2 Å². The van der Waals surface area contributed by atoms with E-state index in [0.29, 0.717) is 5.56 Å². The molecule has 0 fully saturated rings. The molecular weight excluding hydrogens is 431 g/mol. The van der Waals surface area contributed by atoms with E-state index in [0.717, 1.165) is 11.1 Å². The van der Waals surface area contributed by atoms with Crippen LogP contribution >= 0.6 is 23.2 Å². The lowest BCUT2D eigenvalue weighted by molar-refractivity contribution is 0.102. The molecule has 5 nitrogen and oxygen atoms in total. The zero-order chi connectivity index (χ0) is 21.2. The summed E-state index contributed by atoms with van der Waals surface area (Å²) in [7, 11) is -3.93. The van der Waals surface area contributed by atoms with Gasteiger partial charge in [0.1, 0.15) is 0 Å². The van der Waals surface area contributed by atoms with Crippen molar-refractivity contribution in [1.82, 2.24) is 0 Å². The van der Waals surface area contributed by atoms with Gasteiger partial charge in [-0.05, 0) is 67.4 Å². The molecule has 3 aromatic carbocycles. The Balaban J connectivity index is 1.88. The maximum Gasteiger partial charge on any atom is 0.262 e. The van der Waals surface area contributed by atoms with Crippen LogP contribution in [0.3, 0.4) is 0 Å². The highest BCUT2D eigenvalue weighted by atomic mass is 35.5. The fourth-order valence-corrected chi connectivity index (χ4v) is 4.10. The van der Waals surface area contributed by atoms with Crippen molar-refractivity contribution in [2.24, 2.45) is 0 Å². The van der Waals surface area contributed by atoms with E-state index in [2.05, 4.69) is 10.0 Å². The van der Waals surface area contributed by atoms with Gasteiger partial charge in [0.2, 0.25) is 0 Å². The Labute approximate surface area is 179 Å². The Morgan fingerprint density at radius 3 is 2.21 bits per heavy atom. The minimum atomic E-state index is -3.93. The summed E-state index contributed by atoms with van der Waals surface area (Å²) in [5.74, 6) is -0.386. The molecule has 8 heteroatoms. The van der Waals surface area contributed by atoms with Crippen LogP contribution < -0.4 is 10.0 Å². The molecule has 150 valence electrons. The highest BCUT2D eigenvalue weighted by molar-refractivity contribution is 7.92. The van der Waals surface area contributed by atoms with E-state index in [1.807, 2.05) is 19.9 Å². The van der Waals surface area contributed by atoms with Crippen LogP contribution in [0.1, 0.15) is 21.5 Å². The summed E-state index contributed by atoms with van der Waals surface area (Å²) in [6.07, 6.45) is 0. The number of carbonyl (C=O) groups excluding carboxylic acids is 1. The Bertz CT molecular complexity index is 1190. The first kappa shape index (κ1) is 21.2. The third kappa shape index (κ3) is 4.90. The van der Waals surface area contributed by atoms with Crippen molar-refractivity contribution in [2.75, 3.05) is 10.0 Å². The van der Waals surface area contributed by atoms with E-state index in [1.54, 1.807) is 36.4 Å². The predicted molar refractivity (Wildman–Crippen MR) is 118 cm³/mol. The molecule has 0 bridgehead atoms. The normalized spacial score (nSPS) is 11.2. The number of sulfonamides is 1. The minimum absolute atomic E-state index is 0.0581. The second-order valence-electron chi connectivity index (χ2n) is 6.48. The van der Waals surface area contributed by atoms with Gasteiger partial charge >= 0.3 is 0 Å². The summed E-state index contributed by atoms with van der Waals surface area (Å²) in [4.78, 5) is 12.5. The van der Waals surface area contributed by atoms with Gasteiger partial charge in [0.25, 0.3) is 15.9 Å². The molecule has 0 atom stereocenters. The molecule has 0 saturated carbocycles. The van der Waals surface area contributed by atoms with Gasteiger partial charge < -0.3 is 5.32 Å². The average Bonchev–Trinajstić information content (AvgIpc) is 2.67. The lowest BCUT2D eigenvalue weighted by Gasteiger charge is -2.13. The number of carbonyl (C=O) groups is 1. The summed E-state index contributed by atoms with van der Waals surface area (Å²) >= 11 is 12.2. The van der Waals surface area contributed by atoms with Crippen molar-refractivity contribution in [1.29, 1.82) is 0 Å². The van der Waals surface area contributed by atoms with Crippen molar-refractivity contribution in [2.45, 2.75) is 18.7 Å². The number of para-hydroxylation sites is 1. The largest absolute Gasteiger partial charge is 0.321 e. The maximum atomic E-state index is 12.7. The van der Waals surface area contributed by atoms with E-state index >= 15 is 0 Å². The van der Waals surface area contributed by atoms with Gasteiger partial charge in [0.05, 0.1) is 26.3 Å². The third-order valence-corrected chi connectivity index (χ3v) is 6.41. The molecule has 3 aromatic rings. The first-order valence-corrected chi connectivity index (χ1v) is 10.9. The van der Waals surface area contributed by atoms with Crippen LogP contribution in [0.25, 0.3) is 0 Å². The smallest absolute Gasteiger partial charge is 0.262 e. The molecule has 0 heterocycles. The van der Waals surface area contributed by atoms with Crippen LogP contribution in [0.2, 0.25) is 10.0 Å². The Morgan fingerprint density at radius 1 is 0.828 bits per heavy atom. The zero-order valence-corrected chi connectivity index (χ0v) is 18.0. The number of hydrogen-bond acceptors (Lipinski definition) is 3. The van der Waals surface area contributed by atoms with Gasteiger partial charge in [-0.25, -0.2) is 8.42 Å². The van der Waals surface area contributed by atoms with Gasteiger partial charge in [0, 0.05) is 5.56 Å². The van der Waals surface area contributed by atoms with Crippen molar-refractivity contribution in [3.05, 3.63) is 87.4 Å². The minimum Gasteiger partial charge on any atom is -0.321 e. The standard InChI is InChI=1S/C21H18Cl2N2O3S/c1-13-7-8-15(11-14(13)2)21(26)24-20-12-16(9-10-18(20)23)29(27,28)25-19-6-4-3-5-17(19)22/h3-12,25H,1-2H3,(H,24,26). The van der Waals surface area contributed by atoms with E-state index in [9.17, 15) is 13.2 Å². The van der Waals surface area contributed by atoms with Gasteiger partial charge in [-0.2, -0.15) is 0 Å². The number of anilines is 2. The number of rotatable bonds is 5. The van der Waals surface area contributed by atoms with E-state index in [-0.39, 0.29) is 32.2 Å². The first-order chi connectivity index (χ1) is 13.7. The van der Waals surface area contributed by atoms with Gasteiger partial charge in [0.15, 0.2) is 0 Å². The summed E-state index contributed by atoms with van der Waals surface area (Å²) in [6.45, 7) is 3.86. The molecule has 29 heavy (non-hydrogen) atoms. The van der Waals surface area contributed by atoms with Crippen LogP contribution in [-0.4, -0.2) is 14.3 Å². The molecule has 0 aromatic heterocycles. The van der Waals surface area contributed by atoms with Crippen LogP contribution in [0.4, 0.5) is 11.4 Å². The fraction of sp³-hybridized carbons (Fsp3) is 0.0952. The molecule has 0 radical (unpaired) electrons. The monoisotopic (exact) mass is 448 g/mol. The molecule has 0 aliphatic carbocycles. The van der Waals surface area contributed by atoms with Gasteiger partial charge in [-0.3, -0.25) is 9.52 Å². The number of aryl methyl sites for hydroxylation is 2. The molecule has 0 aliphatic rings. The second kappa shape index (κ2) is 8.45. The molecule has 0 saturated heterocycles. The highest BCUT2D eigenvalue weighted by Gasteiger charge is 2.18. The van der Waals surface area contributed by atoms with Crippen molar-refractivity contribution in [3.8, 4) is 0 Å². The van der Waals surface area contributed by atoms with Crippen LogP contribution in [0, 0.1) is 13.8 Å². The van der Waals surface area contributed by atoms with Crippen molar-refractivity contribution >= 4 is 50.5 Å². The number of nitrogens with one attached hydrogen (secondary N) is 2. The average molecular weight is 449 g/mol. The van der Waals surface area contributed by atoms with Gasteiger partial charge in [-0.15, -0.1) is 0 Å². The quantitative estimate of drug-likeness (QED) is 0.528. The summed E-state index contributed by atoms with van der Waals surface area (Å²) in [6, 6.07) is 15.9. The summed E-state index contributed by atoms with van der Waals surface area (Å²) in [5.41, 5.74) is 2.94. The van der Waals surface area contributed by atoms with E-state index in [4.69, 9.17) is 23.2 Å². The zero-order valence-electron chi connectivity index (χ0n) is 15.7. The van der Waals surface area contributed by atoms with Crippen molar-refractivity contribution < 1.29 is 13.2 Å². The Kier molecular flexibility index (Phi) is 6.17. The third-order valence-electron chi connectivity index (χ3n) is 4.38. The number of halogens is 2. The Morgan fingerprint density at radius 2 is 1.52 bits per heavy atom. The Hall–Kier alpha value is -2.54. The number of amides is 1. The molecule has 0 unspecified atom stereocenters. The molecule has 3 rings (SSSR count). The lowest BCUT2D eigenvalue weighted by Crippen LogP contribution is -2.15. The van der Waals surface area contributed by atoms with Gasteiger partial charge in [-0.1, -0.05) is 41.4 Å². The molecule has 2 N–H and O–H groups in total. The van der Waals surface area contributed by atoms with Crippen molar-refractivity contribution in [3.63, 3.8) is 0 Å². The van der Waals surface area contributed by atoms with E-state index < -0.39 is 10.0 Å². The summed E-state index contributed by atoms with van der Waals surface area (Å²) < 4.78 is 27.9. The number of benzene rings is 3. The number of hydrogen-bond donors (Lipinski definition) is 2.